The molecule has 5 nitrogen and oxygen atoms in total. The number of hydrogen-bond donors (Lipinski definition) is 5. The Kier molecular flexibility index (Phi) is 2.42. The van der Waals surface area contributed by atoms with Crippen molar-refractivity contribution < 1.29 is 25.5 Å². The van der Waals surface area contributed by atoms with Gasteiger partial charge in [0, 0.05) is 5.92 Å². The van der Waals surface area contributed by atoms with Gasteiger partial charge in [-0.25, -0.2) is 0 Å². The van der Waals surface area contributed by atoms with Gasteiger partial charge in [0.15, 0.2) is 0 Å². The fourth-order valence-corrected chi connectivity index (χ4v) is 1.68. The highest BCUT2D eigenvalue weighted by Crippen LogP contribution is 2.41. The lowest BCUT2D eigenvalue weighted by molar-refractivity contribution is -0.298. The molecule has 0 aliphatic heterocycles. The number of aliphatic hydroxyl groups is 5. The number of aliphatic hydroxyl groups excluding tert-OH is 4. The molecule has 0 bridgehead atoms. The summed E-state index contributed by atoms with van der Waals surface area (Å²) in [6.07, 6.45) is -3.71. The van der Waals surface area contributed by atoms with Crippen LogP contribution in [0.2, 0.25) is 0 Å². The van der Waals surface area contributed by atoms with E-state index in [-0.39, 0.29) is 0 Å². The largest absolute Gasteiger partial charge is 0.396 e. The maximum atomic E-state index is 9.57. The van der Waals surface area contributed by atoms with E-state index in [9.17, 15) is 5.11 Å². The second kappa shape index (κ2) is 2.93. The van der Waals surface area contributed by atoms with Gasteiger partial charge in [0.05, 0.1) is 18.8 Å². The Morgan fingerprint density at radius 1 is 1.42 bits per heavy atom. The van der Waals surface area contributed by atoms with E-state index < -0.39 is 36.4 Å². The Balaban J connectivity index is 2.76. The molecule has 0 aromatic rings. The van der Waals surface area contributed by atoms with Crippen LogP contribution in [-0.2, 0) is 0 Å². The van der Waals surface area contributed by atoms with Gasteiger partial charge in [-0.05, 0) is 6.92 Å². The number of hydrogen-bond acceptors (Lipinski definition) is 5. The number of rotatable bonds is 2. The summed E-state index contributed by atoms with van der Waals surface area (Å²) in [5.41, 5.74) is -1.77. The summed E-state index contributed by atoms with van der Waals surface area (Å²) in [5.74, 6) is -0.868. The second-order valence-electron chi connectivity index (χ2n) is 3.29. The van der Waals surface area contributed by atoms with E-state index >= 15 is 0 Å². The predicted molar refractivity (Wildman–Crippen MR) is 39.2 cm³/mol. The molecule has 72 valence electrons. The molecule has 1 aliphatic rings. The van der Waals surface area contributed by atoms with Crippen molar-refractivity contribution in [3.8, 4) is 0 Å². The van der Waals surface area contributed by atoms with Gasteiger partial charge in [-0.15, -0.1) is 0 Å². The van der Waals surface area contributed by atoms with Gasteiger partial charge in [-0.1, -0.05) is 0 Å². The smallest absolute Gasteiger partial charge is 0.126 e. The zero-order valence-electron chi connectivity index (χ0n) is 6.75. The highest BCUT2D eigenvalue weighted by Gasteiger charge is 2.62. The van der Waals surface area contributed by atoms with Crippen molar-refractivity contribution in [2.24, 2.45) is 5.92 Å². The van der Waals surface area contributed by atoms with Crippen molar-refractivity contribution in [3.05, 3.63) is 0 Å². The van der Waals surface area contributed by atoms with Gasteiger partial charge in [0.1, 0.15) is 11.7 Å². The van der Waals surface area contributed by atoms with Crippen LogP contribution in [0.15, 0.2) is 0 Å². The highest BCUT2D eigenvalue weighted by atomic mass is 16.4. The topological polar surface area (TPSA) is 101 Å². The zero-order valence-corrected chi connectivity index (χ0v) is 6.75. The molecule has 5 atom stereocenters. The summed E-state index contributed by atoms with van der Waals surface area (Å²) in [5, 5.41) is 45.6. The van der Waals surface area contributed by atoms with Crippen LogP contribution in [0, 0.1) is 5.92 Å². The first kappa shape index (κ1) is 9.88. The lowest BCUT2D eigenvalue weighted by atomic mass is 9.62. The maximum Gasteiger partial charge on any atom is 0.126 e. The summed E-state index contributed by atoms with van der Waals surface area (Å²) in [7, 11) is 0. The molecule has 0 heterocycles. The molecule has 5 N–H and O–H groups in total. The standard InChI is InChI=1S/C7H14O5/c1-3(9)7(12)4(2-8)5(10)6(7)11/h3-6,8-12H,2H2,1H3/t3-,4?,5+,6?,7?/m0/s1. The molecular weight excluding hydrogens is 164 g/mol. The van der Waals surface area contributed by atoms with Crippen molar-refractivity contribution in [1.82, 2.24) is 0 Å². The monoisotopic (exact) mass is 178 g/mol. The lowest BCUT2D eigenvalue weighted by Gasteiger charge is -2.54. The Morgan fingerprint density at radius 3 is 2.17 bits per heavy atom. The molecule has 0 aromatic heterocycles. The summed E-state index contributed by atoms with van der Waals surface area (Å²) in [6.45, 7) is 0.845. The summed E-state index contributed by atoms with van der Waals surface area (Å²) < 4.78 is 0. The van der Waals surface area contributed by atoms with E-state index in [0.29, 0.717) is 0 Å². The first-order valence-electron chi connectivity index (χ1n) is 3.83. The van der Waals surface area contributed by atoms with Gasteiger partial charge in [0.2, 0.25) is 0 Å². The first-order chi connectivity index (χ1) is 5.46. The molecule has 1 fully saturated rings. The second-order valence-corrected chi connectivity index (χ2v) is 3.29. The van der Waals surface area contributed by atoms with Crippen LogP contribution in [-0.4, -0.2) is 56.1 Å². The van der Waals surface area contributed by atoms with Gasteiger partial charge in [-0.2, -0.15) is 0 Å². The SMILES string of the molecule is C[C@H](O)C1(O)C(O)[C@H](O)C1CO. The minimum Gasteiger partial charge on any atom is -0.396 e. The van der Waals surface area contributed by atoms with Crippen molar-refractivity contribution in [1.29, 1.82) is 0 Å². The highest BCUT2D eigenvalue weighted by molar-refractivity contribution is 5.12. The molecule has 1 saturated carbocycles. The molecule has 3 unspecified atom stereocenters. The van der Waals surface area contributed by atoms with E-state index in [0.717, 1.165) is 0 Å². The van der Waals surface area contributed by atoms with Crippen LogP contribution in [0.5, 0.6) is 0 Å². The average Bonchev–Trinajstić information content (AvgIpc) is 2.04. The van der Waals surface area contributed by atoms with Crippen LogP contribution in [0.25, 0.3) is 0 Å². The minimum atomic E-state index is -1.77. The van der Waals surface area contributed by atoms with E-state index in [4.69, 9.17) is 20.4 Å². The van der Waals surface area contributed by atoms with Gasteiger partial charge in [-0.3, -0.25) is 0 Å². The van der Waals surface area contributed by atoms with E-state index in [1.807, 2.05) is 0 Å². The molecule has 0 amide bonds. The van der Waals surface area contributed by atoms with E-state index in [1.54, 1.807) is 0 Å². The fourth-order valence-electron chi connectivity index (χ4n) is 1.68. The van der Waals surface area contributed by atoms with Crippen molar-refractivity contribution in [3.63, 3.8) is 0 Å². The molecule has 12 heavy (non-hydrogen) atoms. The molecule has 1 aliphatic carbocycles. The molecule has 1 rings (SSSR count). The molecule has 0 aromatic carbocycles. The van der Waals surface area contributed by atoms with Crippen molar-refractivity contribution in [2.75, 3.05) is 6.61 Å². The average molecular weight is 178 g/mol. The normalized spacial score (nSPS) is 50.0. The third kappa shape index (κ3) is 0.982. The van der Waals surface area contributed by atoms with Crippen LogP contribution in [0.1, 0.15) is 6.92 Å². The van der Waals surface area contributed by atoms with Gasteiger partial charge in [0.25, 0.3) is 0 Å². The van der Waals surface area contributed by atoms with Crippen molar-refractivity contribution >= 4 is 0 Å². The van der Waals surface area contributed by atoms with E-state index in [1.165, 1.54) is 6.92 Å². The summed E-state index contributed by atoms with van der Waals surface area (Å²) in [6, 6.07) is 0. The summed E-state index contributed by atoms with van der Waals surface area (Å²) in [4.78, 5) is 0. The van der Waals surface area contributed by atoms with Gasteiger partial charge < -0.3 is 25.5 Å². The van der Waals surface area contributed by atoms with Gasteiger partial charge >= 0.3 is 0 Å². The van der Waals surface area contributed by atoms with Crippen LogP contribution >= 0.6 is 0 Å². The molecule has 5 heteroatoms. The fraction of sp³-hybridized carbons (Fsp3) is 1.00. The molecule has 0 radical (unpaired) electrons. The Hall–Kier alpha value is -0.200. The first-order valence-corrected chi connectivity index (χ1v) is 3.83. The molecule has 0 saturated heterocycles. The Morgan fingerprint density at radius 2 is 1.92 bits per heavy atom. The Labute approximate surface area is 69.9 Å². The molecule has 0 spiro atoms. The lowest BCUT2D eigenvalue weighted by Crippen LogP contribution is -2.75. The quantitative estimate of drug-likeness (QED) is 0.320. The maximum absolute atomic E-state index is 9.57. The van der Waals surface area contributed by atoms with Crippen LogP contribution in [0.3, 0.4) is 0 Å². The third-order valence-corrected chi connectivity index (χ3v) is 2.67. The third-order valence-electron chi connectivity index (χ3n) is 2.67. The van der Waals surface area contributed by atoms with Crippen molar-refractivity contribution in [2.45, 2.75) is 30.8 Å². The minimum absolute atomic E-state index is 0.459. The Bertz CT molecular complexity index is 171. The molecular formula is C7H14O5. The van der Waals surface area contributed by atoms with Crippen LogP contribution < -0.4 is 0 Å². The van der Waals surface area contributed by atoms with Crippen LogP contribution in [0.4, 0.5) is 0 Å². The zero-order chi connectivity index (χ0) is 9.52. The van der Waals surface area contributed by atoms with E-state index in [2.05, 4.69) is 0 Å². The predicted octanol–water partition coefficient (Wildman–Crippen LogP) is -2.56. The summed E-state index contributed by atoms with van der Waals surface area (Å²) >= 11 is 0.